The SMILES string of the molecule is C=CCOc1ccc2c(c1)N(CC=C(C)C)C(=O)CC2. The summed E-state index contributed by atoms with van der Waals surface area (Å²) in [4.78, 5) is 14.0. The number of allylic oxidation sites excluding steroid dienone is 1. The third kappa shape index (κ3) is 3.29. The molecule has 0 unspecified atom stereocenters. The van der Waals surface area contributed by atoms with Gasteiger partial charge in [0, 0.05) is 19.0 Å². The molecule has 0 radical (unpaired) electrons. The predicted octanol–water partition coefficient (Wildman–Crippen LogP) is 3.50. The number of hydrogen-bond donors (Lipinski definition) is 0. The van der Waals surface area contributed by atoms with Gasteiger partial charge < -0.3 is 9.64 Å². The second-order valence-electron chi connectivity index (χ2n) is 5.18. The maximum atomic E-state index is 12.1. The number of ether oxygens (including phenoxy) is 1. The van der Waals surface area contributed by atoms with Gasteiger partial charge in [-0.1, -0.05) is 30.4 Å². The van der Waals surface area contributed by atoms with Crippen molar-refractivity contribution in [3.05, 3.63) is 48.1 Å². The molecule has 0 atom stereocenters. The lowest BCUT2D eigenvalue weighted by atomic mass is 10.0. The van der Waals surface area contributed by atoms with E-state index in [0.717, 1.165) is 17.9 Å². The summed E-state index contributed by atoms with van der Waals surface area (Å²) in [6, 6.07) is 5.96. The maximum Gasteiger partial charge on any atom is 0.227 e. The van der Waals surface area contributed by atoms with Crippen LogP contribution in [0.25, 0.3) is 0 Å². The first kappa shape index (κ1) is 14.4. The van der Waals surface area contributed by atoms with E-state index in [0.29, 0.717) is 19.6 Å². The molecule has 1 aliphatic rings. The van der Waals surface area contributed by atoms with E-state index in [1.807, 2.05) is 30.9 Å². The van der Waals surface area contributed by atoms with Gasteiger partial charge in [0.05, 0.1) is 5.69 Å². The third-order valence-corrected chi connectivity index (χ3v) is 3.31. The van der Waals surface area contributed by atoms with Crippen molar-refractivity contribution in [2.75, 3.05) is 18.1 Å². The molecule has 3 heteroatoms. The Bertz CT molecular complexity index is 542. The molecule has 0 bridgehead atoms. The van der Waals surface area contributed by atoms with Gasteiger partial charge >= 0.3 is 0 Å². The lowest BCUT2D eigenvalue weighted by molar-refractivity contribution is -0.118. The van der Waals surface area contributed by atoms with Crippen LogP contribution < -0.4 is 9.64 Å². The van der Waals surface area contributed by atoms with E-state index in [1.54, 1.807) is 6.08 Å². The van der Waals surface area contributed by atoms with Crippen LogP contribution in [0.15, 0.2) is 42.5 Å². The van der Waals surface area contributed by atoms with E-state index in [2.05, 4.69) is 18.7 Å². The number of fused-ring (bicyclic) bond motifs is 1. The average Bonchev–Trinajstić information content (AvgIpc) is 2.43. The highest BCUT2D eigenvalue weighted by Crippen LogP contribution is 2.31. The van der Waals surface area contributed by atoms with Crippen molar-refractivity contribution < 1.29 is 9.53 Å². The van der Waals surface area contributed by atoms with Crippen LogP contribution in [0.3, 0.4) is 0 Å². The summed E-state index contributed by atoms with van der Waals surface area (Å²) in [5, 5.41) is 0. The Balaban J connectivity index is 2.29. The molecular formula is C17H21NO2. The van der Waals surface area contributed by atoms with Crippen molar-refractivity contribution in [3.63, 3.8) is 0 Å². The number of rotatable bonds is 5. The first-order chi connectivity index (χ1) is 9.61. The number of carbonyl (C=O) groups excluding carboxylic acids is 1. The molecule has 0 saturated carbocycles. The summed E-state index contributed by atoms with van der Waals surface area (Å²) in [5.74, 6) is 0.955. The van der Waals surface area contributed by atoms with Gasteiger partial charge in [0.1, 0.15) is 12.4 Å². The lowest BCUT2D eigenvalue weighted by Gasteiger charge is -2.29. The minimum atomic E-state index is 0.177. The molecule has 0 N–H and O–H groups in total. The van der Waals surface area contributed by atoms with Crippen molar-refractivity contribution in [2.24, 2.45) is 0 Å². The molecule has 0 spiro atoms. The minimum absolute atomic E-state index is 0.177. The highest BCUT2D eigenvalue weighted by Gasteiger charge is 2.23. The van der Waals surface area contributed by atoms with Crippen LogP contribution in [-0.4, -0.2) is 19.1 Å². The highest BCUT2D eigenvalue weighted by atomic mass is 16.5. The van der Waals surface area contributed by atoms with Gasteiger partial charge in [0.15, 0.2) is 0 Å². The average molecular weight is 271 g/mol. The van der Waals surface area contributed by atoms with Crippen LogP contribution in [0.1, 0.15) is 25.8 Å². The smallest absolute Gasteiger partial charge is 0.227 e. The van der Waals surface area contributed by atoms with Crippen molar-refractivity contribution in [3.8, 4) is 5.75 Å². The van der Waals surface area contributed by atoms with Crippen LogP contribution in [0.2, 0.25) is 0 Å². The largest absolute Gasteiger partial charge is 0.489 e. The molecule has 2 rings (SSSR count). The number of aryl methyl sites for hydroxylation is 1. The van der Waals surface area contributed by atoms with E-state index in [4.69, 9.17) is 4.74 Å². The first-order valence-corrected chi connectivity index (χ1v) is 6.92. The van der Waals surface area contributed by atoms with Gasteiger partial charge in [-0.3, -0.25) is 4.79 Å². The summed E-state index contributed by atoms with van der Waals surface area (Å²) in [6.07, 6.45) is 5.17. The molecule has 1 aromatic rings. The zero-order valence-electron chi connectivity index (χ0n) is 12.2. The molecule has 0 aromatic heterocycles. The van der Waals surface area contributed by atoms with Gasteiger partial charge in [0.25, 0.3) is 0 Å². The predicted molar refractivity (Wildman–Crippen MR) is 82.2 cm³/mol. The Morgan fingerprint density at radius 3 is 2.90 bits per heavy atom. The number of benzene rings is 1. The van der Waals surface area contributed by atoms with E-state index < -0.39 is 0 Å². The summed E-state index contributed by atoms with van der Waals surface area (Å²) in [7, 11) is 0. The minimum Gasteiger partial charge on any atom is -0.489 e. The number of nitrogens with zero attached hydrogens (tertiary/aromatic N) is 1. The van der Waals surface area contributed by atoms with Gasteiger partial charge in [-0.15, -0.1) is 0 Å². The quantitative estimate of drug-likeness (QED) is 0.767. The molecule has 106 valence electrons. The van der Waals surface area contributed by atoms with Crippen LogP contribution in [0.5, 0.6) is 5.75 Å². The van der Waals surface area contributed by atoms with Crippen LogP contribution in [0.4, 0.5) is 5.69 Å². The number of carbonyl (C=O) groups is 1. The monoisotopic (exact) mass is 271 g/mol. The van der Waals surface area contributed by atoms with Crippen molar-refractivity contribution >= 4 is 11.6 Å². The third-order valence-electron chi connectivity index (χ3n) is 3.31. The van der Waals surface area contributed by atoms with Crippen molar-refractivity contribution in [1.82, 2.24) is 0 Å². The molecule has 1 heterocycles. The first-order valence-electron chi connectivity index (χ1n) is 6.92. The Morgan fingerprint density at radius 2 is 2.20 bits per heavy atom. The van der Waals surface area contributed by atoms with E-state index in [9.17, 15) is 4.79 Å². The second kappa shape index (κ2) is 6.42. The molecule has 20 heavy (non-hydrogen) atoms. The fourth-order valence-corrected chi connectivity index (χ4v) is 2.24. The molecule has 1 aromatic carbocycles. The molecular weight excluding hydrogens is 250 g/mol. The molecule has 3 nitrogen and oxygen atoms in total. The van der Waals surface area contributed by atoms with E-state index in [-0.39, 0.29) is 5.91 Å². The second-order valence-corrected chi connectivity index (χ2v) is 5.18. The summed E-state index contributed by atoms with van der Waals surface area (Å²) < 4.78 is 5.56. The normalized spacial score (nSPS) is 13.7. The van der Waals surface area contributed by atoms with Crippen LogP contribution in [-0.2, 0) is 11.2 Å². The Hall–Kier alpha value is -2.03. The molecule has 1 amide bonds. The Morgan fingerprint density at radius 1 is 1.40 bits per heavy atom. The fourth-order valence-electron chi connectivity index (χ4n) is 2.24. The summed E-state index contributed by atoms with van der Waals surface area (Å²) in [6.45, 7) is 8.82. The number of hydrogen-bond acceptors (Lipinski definition) is 2. The van der Waals surface area contributed by atoms with Crippen molar-refractivity contribution in [1.29, 1.82) is 0 Å². The molecule has 0 saturated heterocycles. The van der Waals surface area contributed by atoms with Gasteiger partial charge in [0.2, 0.25) is 5.91 Å². The molecule has 1 aliphatic heterocycles. The van der Waals surface area contributed by atoms with E-state index >= 15 is 0 Å². The van der Waals surface area contributed by atoms with Gasteiger partial charge in [-0.25, -0.2) is 0 Å². The highest BCUT2D eigenvalue weighted by molar-refractivity contribution is 5.96. The molecule has 0 aliphatic carbocycles. The summed E-state index contributed by atoms with van der Waals surface area (Å²) in [5.41, 5.74) is 3.39. The van der Waals surface area contributed by atoms with Crippen LogP contribution >= 0.6 is 0 Å². The van der Waals surface area contributed by atoms with Gasteiger partial charge in [-0.2, -0.15) is 0 Å². The number of amides is 1. The zero-order chi connectivity index (χ0) is 14.5. The van der Waals surface area contributed by atoms with E-state index in [1.165, 1.54) is 11.1 Å². The Labute approximate surface area is 120 Å². The fraction of sp³-hybridized carbons (Fsp3) is 0.353. The topological polar surface area (TPSA) is 29.5 Å². The standard InChI is InChI=1S/C17H21NO2/c1-4-11-20-15-7-5-14-6-8-17(19)18(16(14)12-15)10-9-13(2)3/h4-5,7,9,12H,1,6,8,10-11H2,2-3H3. The van der Waals surface area contributed by atoms with Crippen molar-refractivity contribution in [2.45, 2.75) is 26.7 Å². The lowest BCUT2D eigenvalue weighted by Crippen LogP contribution is -2.35. The number of anilines is 1. The van der Waals surface area contributed by atoms with Gasteiger partial charge in [-0.05, 0) is 31.9 Å². The summed E-state index contributed by atoms with van der Waals surface area (Å²) >= 11 is 0. The molecule has 0 fully saturated rings. The van der Waals surface area contributed by atoms with Crippen LogP contribution in [0, 0.1) is 0 Å². The zero-order valence-corrected chi connectivity index (χ0v) is 12.2. The maximum absolute atomic E-state index is 12.1. The Kier molecular flexibility index (Phi) is 4.61.